The molecule has 0 N–H and O–H groups in total. The molecule has 0 aliphatic heterocycles. The summed E-state index contributed by atoms with van der Waals surface area (Å²) in [6.07, 6.45) is 0. The van der Waals surface area contributed by atoms with Gasteiger partial charge in [-0.3, -0.25) is 0 Å². The zero-order valence-electron chi connectivity index (χ0n) is 30.6. The molecule has 0 bridgehead atoms. The van der Waals surface area contributed by atoms with Crippen LogP contribution in [0, 0.1) is 0 Å². The number of fused-ring (bicyclic) bond motifs is 4. The molecule has 0 unspecified atom stereocenters. The highest BCUT2D eigenvalue weighted by atomic mass is 15.0. The number of pyridine rings is 1. The van der Waals surface area contributed by atoms with Gasteiger partial charge in [0.1, 0.15) is 0 Å². The molecular formula is C51H36N4. The molecule has 0 atom stereocenters. The first kappa shape index (κ1) is 32.6. The number of aromatic nitrogens is 4. The van der Waals surface area contributed by atoms with E-state index in [1.807, 2.05) is 66.7 Å². The van der Waals surface area contributed by atoms with Crippen molar-refractivity contribution in [3.05, 3.63) is 193 Å². The van der Waals surface area contributed by atoms with Crippen molar-refractivity contribution in [2.24, 2.45) is 0 Å². The molecule has 0 saturated heterocycles. The Morgan fingerprint density at radius 3 is 1.45 bits per heavy atom. The quantitative estimate of drug-likeness (QED) is 0.173. The molecule has 55 heavy (non-hydrogen) atoms. The molecule has 9 aromatic rings. The third-order valence-corrected chi connectivity index (χ3v) is 10.9. The predicted octanol–water partition coefficient (Wildman–Crippen LogP) is 12.7. The van der Waals surface area contributed by atoms with Crippen molar-refractivity contribution in [1.82, 2.24) is 19.9 Å². The van der Waals surface area contributed by atoms with Crippen LogP contribution in [0.1, 0.15) is 25.0 Å². The molecule has 2 aromatic heterocycles. The van der Waals surface area contributed by atoms with Gasteiger partial charge in [0.25, 0.3) is 0 Å². The van der Waals surface area contributed by atoms with E-state index in [4.69, 9.17) is 19.9 Å². The van der Waals surface area contributed by atoms with Gasteiger partial charge in [-0.2, -0.15) is 0 Å². The Morgan fingerprint density at radius 2 is 0.836 bits per heavy atom. The van der Waals surface area contributed by atoms with Crippen LogP contribution < -0.4 is 0 Å². The Balaban J connectivity index is 1.16. The average molecular weight is 705 g/mol. The lowest BCUT2D eigenvalue weighted by Crippen LogP contribution is -2.15. The average Bonchev–Trinajstić information content (AvgIpc) is 3.47. The fourth-order valence-corrected chi connectivity index (χ4v) is 8.02. The van der Waals surface area contributed by atoms with Gasteiger partial charge in [-0.15, -0.1) is 0 Å². The first-order chi connectivity index (χ1) is 27.0. The summed E-state index contributed by atoms with van der Waals surface area (Å²) in [6.45, 7) is 4.68. The number of hydrogen-bond donors (Lipinski definition) is 0. The molecule has 0 saturated carbocycles. The maximum atomic E-state index is 5.34. The Morgan fingerprint density at radius 1 is 0.327 bits per heavy atom. The maximum absolute atomic E-state index is 5.34. The molecule has 10 rings (SSSR count). The van der Waals surface area contributed by atoms with Crippen LogP contribution in [0.25, 0.3) is 89.7 Å². The molecule has 260 valence electrons. The molecule has 0 spiro atoms. The zero-order chi connectivity index (χ0) is 36.9. The van der Waals surface area contributed by atoms with E-state index in [-0.39, 0.29) is 5.41 Å². The topological polar surface area (TPSA) is 51.6 Å². The van der Waals surface area contributed by atoms with Crippen molar-refractivity contribution in [2.75, 3.05) is 0 Å². The van der Waals surface area contributed by atoms with Crippen LogP contribution >= 0.6 is 0 Å². The summed E-state index contributed by atoms with van der Waals surface area (Å²) >= 11 is 0. The van der Waals surface area contributed by atoms with Crippen molar-refractivity contribution < 1.29 is 0 Å². The summed E-state index contributed by atoms with van der Waals surface area (Å²) in [5, 5.41) is 1.11. The van der Waals surface area contributed by atoms with Crippen molar-refractivity contribution in [3.63, 3.8) is 0 Å². The van der Waals surface area contributed by atoms with Crippen LogP contribution in [0.2, 0.25) is 0 Å². The smallest absolute Gasteiger partial charge is 0.164 e. The van der Waals surface area contributed by atoms with E-state index >= 15 is 0 Å². The summed E-state index contributed by atoms with van der Waals surface area (Å²) in [5.41, 5.74) is 15.4. The lowest BCUT2D eigenvalue weighted by Gasteiger charge is -2.22. The van der Waals surface area contributed by atoms with Crippen LogP contribution in [0.3, 0.4) is 0 Å². The van der Waals surface area contributed by atoms with Gasteiger partial charge in [-0.05, 0) is 74.8 Å². The van der Waals surface area contributed by atoms with Crippen LogP contribution in [-0.4, -0.2) is 19.9 Å². The summed E-state index contributed by atoms with van der Waals surface area (Å²) in [7, 11) is 0. The second-order valence-corrected chi connectivity index (χ2v) is 14.7. The Kier molecular flexibility index (Phi) is 7.77. The first-order valence-electron chi connectivity index (χ1n) is 18.7. The van der Waals surface area contributed by atoms with Gasteiger partial charge in [-0.1, -0.05) is 166 Å². The van der Waals surface area contributed by atoms with Crippen LogP contribution in [-0.2, 0) is 5.41 Å². The highest BCUT2D eigenvalue weighted by Crippen LogP contribution is 2.51. The van der Waals surface area contributed by atoms with Crippen molar-refractivity contribution >= 4 is 10.9 Å². The molecule has 4 heteroatoms. The third kappa shape index (κ3) is 5.80. The molecule has 7 aromatic carbocycles. The lowest BCUT2D eigenvalue weighted by atomic mass is 9.81. The van der Waals surface area contributed by atoms with Gasteiger partial charge in [0, 0.05) is 33.1 Å². The van der Waals surface area contributed by atoms with E-state index < -0.39 is 0 Å². The van der Waals surface area contributed by atoms with Crippen LogP contribution in [0.15, 0.2) is 182 Å². The minimum Gasteiger partial charge on any atom is -0.248 e. The third-order valence-electron chi connectivity index (χ3n) is 10.9. The Labute approximate surface area is 320 Å². The van der Waals surface area contributed by atoms with Gasteiger partial charge >= 0.3 is 0 Å². The van der Waals surface area contributed by atoms with E-state index in [9.17, 15) is 0 Å². The summed E-state index contributed by atoms with van der Waals surface area (Å²) in [5.74, 6) is 1.91. The van der Waals surface area contributed by atoms with Gasteiger partial charge in [0.05, 0.1) is 11.2 Å². The molecule has 0 radical (unpaired) electrons. The highest BCUT2D eigenvalue weighted by Gasteiger charge is 2.36. The fourth-order valence-electron chi connectivity index (χ4n) is 8.02. The highest BCUT2D eigenvalue weighted by molar-refractivity contribution is 6.02. The van der Waals surface area contributed by atoms with E-state index in [0.29, 0.717) is 17.5 Å². The van der Waals surface area contributed by atoms with Crippen molar-refractivity contribution in [3.8, 4) is 78.8 Å². The summed E-state index contributed by atoms with van der Waals surface area (Å²) in [4.78, 5) is 20.4. The van der Waals surface area contributed by atoms with Gasteiger partial charge in [-0.25, -0.2) is 19.9 Å². The second-order valence-electron chi connectivity index (χ2n) is 14.7. The molecule has 0 amide bonds. The number of rotatable bonds is 6. The molecular weight excluding hydrogens is 669 g/mol. The van der Waals surface area contributed by atoms with E-state index in [1.54, 1.807) is 0 Å². The zero-order valence-corrected chi connectivity index (χ0v) is 30.6. The molecule has 1 aliphatic carbocycles. The Hall–Kier alpha value is -7.04. The summed E-state index contributed by atoms with van der Waals surface area (Å²) in [6, 6.07) is 63.8. The molecule has 1 aliphatic rings. The lowest BCUT2D eigenvalue weighted by molar-refractivity contribution is 0.661. The minimum atomic E-state index is -0.195. The normalized spacial score (nSPS) is 12.7. The van der Waals surface area contributed by atoms with E-state index in [0.717, 1.165) is 50.0 Å². The Bertz CT molecular complexity index is 2810. The number of benzene rings is 7. The first-order valence-corrected chi connectivity index (χ1v) is 18.7. The van der Waals surface area contributed by atoms with Crippen LogP contribution in [0.5, 0.6) is 0 Å². The molecule has 4 nitrogen and oxygen atoms in total. The maximum Gasteiger partial charge on any atom is 0.164 e. The van der Waals surface area contributed by atoms with Gasteiger partial charge in [0.2, 0.25) is 0 Å². The largest absolute Gasteiger partial charge is 0.248 e. The SMILES string of the molecule is CC1(C)c2cc(-c3ccccc3)ccc2-c2cc3c(-c4cccc(-c5nc(-c6ccccc6)nc(-c6ccccc6)n5)c4)cc(-c4ccccc4)nc3cc21. The fraction of sp³-hybridized carbons (Fsp3) is 0.0588. The van der Waals surface area contributed by atoms with E-state index in [1.165, 1.54) is 33.4 Å². The molecule has 0 fully saturated rings. The van der Waals surface area contributed by atoms with Gasteiger partial charge < -0.3 is 0 Å². The second kappa shape index (κ2) is 13.1. The molecule has 2 heterocycles. The standard InChI is InChI=1S/C51H36N4/c1-51(2)44-29-37(33-16-7-3-8-17-33)26-27-40(44)42-30-43-41(31-46(34-18-9-4-10-19-34)52-47(43)32-45(42)51)38-24-15-25-39(28-38)50-54-48(35-20-11-5-12-21-35)53-49(55-50)36-22-13-6-14-23-36/h3-32H,1-2H3. The van der Waals surface area contributed by atoms with Crippen molar-refractivity contribution in [2.45, 2.75) is 19.3 Å². The predicted molar refractivity (Wildman–Crippen MR) is 225 cm³/mol. The van der Waals surface area contributed by atoms with Crippen molar-refractivity contribution in [1.29, 1.82) is 0 Å². The monoisotopic (exact) mass is 704 g/mol. The van der Waals surface area contributed by atoms with Crippen LogP contribution in [0.4, 0.5) is 0 Å². The number of nitrogens with zero attached hydrogens (tertiary/aromatic N) is 4. The van der Waals surface area contributed by atoms with E-state index in [2.05, 4.69) is 129 Å². The number of hydrogen-bond acceptors (Lipinski definition) is 4. The minimum absolute atomic E-state index is 0.195. The van der Waals surface area contributed by atoms with Gasteiger partial charge in [0.15, 0.2) is 17.5 Å². The summed E-state index contributed by atoms with van der Waals surface area (Å²) < 4.78 is 0.